The third-order valence-electron chi connectivity index (χ3n) is 4.71. The number of ketones is 1. The lowest BCUT2D eigenvalue weighted by Gasteiger charge is -2.20. The van der Waals surface area contributed by atoms with Crippen LogP contribution >= 0.6 is 0 Å². The van der Waals surface area contributed by atoms with Crippen LogP contribution in [0.4, 0.5) is 4.79 Å². The van der Waals surface area contributed by atoms with Gasteiger partial charge >= 0.3 is 6.03 Å². The van der Waals surface area contributed by atoms with E-state index in [1.54, 1.807) is 18.2 Å². The van der Waals surface area contributed by atoms with Crippen molar-refractivity contribution in [3.05, 3.63) is 23.8 Å². The second-order valence-electron chi connectivity index (χ2n) is 6.10. The Labute approximate surface area is 139 Å². The second kappa shape index (κ2) is 6.14. The van der Waals surface area contributed by atoms with Crippen molar-refractivity contribution in [2.24, 2.45) is 0 Å². The van der Waals surface area contributed by atoms with Crippen molar-refractivity contribution < 1.29 is 23.9 Å². The lowest BCUT2D eigenvalue weighted by atomic mass is 9.98. The molecule has 1 saturated carbocycles. The molecule has 7 nitrogen and oxygen atoms in total. The number of hydrogen-bond donors (Lipinski definition) is 1. The molecule has 1 aliphatic heterocycles. The fraction of sp³-hybridized carbons (Fsp3) is 0.471. The van der Waals surface area contributed by atoms with Crippen LogP contribution in [0.15, 0.2) is 18.2 Å². The van der Waals surface area contributed by atoms with Gasteiger partial charge in [-0.15, -0.1) is 0 Å². The van der Waals surface area contributed by atoms with Crippen molar-refractivity contribution in [3.8, 4) is 11.5 Å². The Kier molecular flexibility index (Phi) is 4.17. The van der Waals surface area contributed by atoms with Gasteiger partial charge in [0.1, 0.15) is 17.0 Å². The highest BCUT2D eigenvalue weighted by molar-refractivity contribution is 6.11. The fourth-order valence-corrected chi connectivity index (χ4v) is 3.39. The van der Waals surface area contributed by atoms with Gasteiger partial charge in [0.15, 0.2) is 5.78 Å². The molecule has 0 unspecified atom stereocenters. The number of benzene rings is 1. The number of ether oxygens (including phenoxy) is 2. The Hall–Kier alpha value is -2.57. The maximum absolute atomic E-state index is 12.6. The molecule has 128 valence electrons. The molecule has 0 aromatic heterocycles. The Morgan fingerprint density at radius 1 is 1.21 bits per heavy atom. The average Bonchev–Trinajstić information content (AvgIpc) is 3.15. The minimum atomic E-state index is -0.804. The first-order valence-electron chi connectivity index (χ1n) is 7.90. The summed E-state index contributed by atoms with van der Waals surface area (Å²) in [6.07, 6.45) is 3.07. The molecule has 3 rings (SSSR count). The highest BCUT2D eigenvalue weighted by atomic mass is 16.5. The van der Waals surface area contributed by atoms with E-state index in [1.165, 1.54) is 14.2 Å². The lowest BCUT2D eigenvalue weighted by Crippen LogP contribution is -2.44. The van der Waals surface area contributed by atoms with Gasteiger partial charge in [-0.25, -0.2) is 4.79 Å². The third-order valence-corrected chi connectivity index (χ3v) is 4.71. The fourth-order valence-electron chi connectivity index (χ4n) is 3.39. The topological polar surface area (TPSA) is 84.9 Å². The summed E-state index contributed by atoms with van der Waals surface area (Å²) < 4.78 is 10.3. The average molecular weight is 332 g/mol. The van der Waals surface area contributed by atoms with Crippen molar-refractivity contribution in [3.63, 3.8) is 0 Å². The van der Waals surface area contributed by atoms with E-state index < -0.39 is 11.6 Å². The lowest BCUT2D eigenvalue weighted by molar-refractivity contribution is -0.130. The number of nitrogens with one attached hydrogen (secondary N) is 1. The monoisotopic (exact) mass is 332 g/mol. The van der Waals surface area contributed by atoms with E-state index in [1.807, 2.05) is 0 Å². The minimum absolute atomic E-state index is 0.297. The molecule has 1 aromatic rings. The number of methoxy groups -OCH3 is 2. The van der Waals surface area contributed by atoms with Gasteiger partial charge in [-0.3, -0.25) is 14.5 Å². The molecule has 1 N–H and O–H groups in total. The highest BCUT2D eigenvalue weighted by Crippen LogP contribution is 2.35. The summed E-state index contributed by atoms with van der Waals surface area (Å²) in [5.41, 5.74) is -0.493. The molecule has 1 aromatic carbocycles. The predicted molar refractivity (Wildman–Crippen MR) is 85.3 cm³/mol. The number of carbonyl (C=O) groups is 3. The molecular formula is C17H20N2O5. The summed E-state index contributed by atoms with van der Waals surface area (Å²) in [4.78, 5) is 38.3. The molecule has 24 heavy (non-hydrogen) atoms. The molecule has 7 heteroatoms. The van der Waals surface area contributed by atoms with Gasteiger partial charge in [0.05, 0.1) is 26.3 Å². The van der Waals surface area contributed by atoms with Crippen LogP contribution in [0.25, 0.3) is 0 Å². The molecule has 3 amide bonds. The molecular weight excluding hydrogens is 312 g/mol. The van der Waals surface area contributed by atoms with Crippen LogP contribution in [0.2, 0.25) is 0 Å². The highest BCUT2D eigenvalue weighted by Gasteiger charge is 2.52. The Morgan fingerprint density at radius 2 is 1.92 bits per heavy atom. The number of carbonyl (C=O) groups excluding carboxylic acids is 3. The zero-order chi connectivity index (χ0) is 17.3. The zero-order valence-corrected chi connectivity index (χ0v) is 13.8. The second-order valence-corrected chi connectivity index (χ2v) is 6.10. The number of hydrogen-bond acceptors (Lipinski definition) is 5. The predicted octanol–water partition coefficient (Wildman–Crippen LogP) is 1.75. The summed E-state index contributed by atoms with van der Waals surface area (Å²) in [7, 11) is 2.97. The molecule has 0 radical (unpaired) electrons. The maximum Gasteiger partial charge on any atom is 0.325 e. The van der Waals surface area contributed by atoms with Crippen molar-refractivity contribution in [1.29, 1.82) is 0 Å². The summed E-state index contributed by atoms with van der Waals surface area (Å²) in [6, 6.07) is 4.31. The smallest absolute Gasteiger partial charge is 0.325 e. The normalized spacial score (nSPS) is 18.8. The Balaban J connectivity index is 1.80. The molecule has 1 heterocycles. The number of Topliss-reactive ketones (excluding diaryl/α,β-unsaturated/α-hetero) is 1. The number of nitrogens with zero attached hydrogens (tertiary/aromatic N) is 1. The van der Waals surface area contributed by atoms with Gasteiger partial charge in [0.2, 0.25) is 0 Å². The van der Waals surface area contributed by atoms with Crippen molar-refractivity contribution in [2.75, 3.05) is 20.8 Å². The van der Waals surface area contributed by atoms with Crippen LogP contribution in [0, 0.1) is 0 Å². The van der Waals surface area contributed by atoms with Gasteiger partial charge in [0.25, 0.3) is 5.91 Å². The molecule has 1 spiro atoms. The Bertz CT molecular complexity index is 694. The maximum atomic E-state index is 12.6. The first-order chi connectivity index (χ1) is 11.5. The number of amides is 3. The van der Waals surface area contributed by atoms with Crippen LogP contribution in [0.5, 0.6) is 11.5 Å². The molecule has 2 aliphatic rings. The summed E-state index contributed by atoms with van der Waals surface area (Å²) in [5, 5.41) is 2.77. The summed E-state index contributed by atoms with van der Waals surface area (Å²) >= 11 is 0. The van der Waals surface area contributed by atoms with Crippen LogP contribution in [0.3, 0.4) is 0 Å². The standard InChI is InChI=1S/C17H20N2O5/c1-23-11-5-6-12(14(9-11)24-2)13(20)10-19-15(21)17(18-16(19)22)7-3-4-8-17/h5-6,9H,3-4,7-8,10H2,1-2H3,(H,18,22). The van der Waals surface area contributed by atoms with Gasteiger partial charge in [-0.2, -0.15) is 0 Å². The van der Waals surface area contributed by atoms with E-state index in [0.29, 0.717) is 29.9 Å². The van der Waals surface area contributed by atoms with E-state index in [4.69, 9.17) is 9.47 Å². The van der Waals surface area contributed by atoms with Crippen LogP contribution < -0.4 is 14.8 Å². The first-order valence-corrected chi connectivity index (χ1v) is 7.90. The van der Waals surface area contributed by atoms with E-state index in [-0.39, 0.29) is 18.2 Å². The summed E-state index contributed by atoms with van der Waals surface area (Å²) in [6.45, 7) is -0.297. The molecule has 1 saturated heterocycles. The van der Waals surface area contributed by atoms with Crippen molar-refractivity contribution in [2.45, 2.75) is 31.2 Å². The first kappa shape index (κ1) is 16.3. The zero-order valence-electron chi connectivity index (χ0n) is 13.8. The number of urea groups is 1. The molecule has 0 bridgehead atoms. The van der Waals surface area contributed by atoms with Crippen LogP contribution in [-0.2, 0) is 4.79 Å². The van der Waals surface area contributed by atoms with E-state index >= 15 is 0 Å². The summed E-state index contributed by atoms with van der Waals surface area (Å²) in [5.74, 6) is 0.254. The van der Waals surface area contributed by atoms with Gasteiger partial charge in [-0.05, 0) is 25.0 Å². The molecule has 1 aliphatic carbocycles. The third kappa shape index (κ3) is 2.60. The Morgan fingerprint density at radius 3 is 2.54 bits per heavy atom. The quantitative estimate of drug-likeness (QED) is 0.656. The van der Waals surface area contributed by atoms with Gasteiger partial charge in [0, 0.05) is 6.07 Å². The number of imide groups is 1. The van der Waals surface area contributed by atoms with Gasteiger partial charge in [-0.1, -0.05) is 12.8 Å². The SMILES string of the molecule is COc1ccc(C(=O)CN2C(=O)NC3(CCCC3)C2=O)c(OC)c1. The van der Waals surface area contributed by atoms with Crippen LogP contribution in [0.1, 0.15) is 36.0 Å². The van der Waals surface area contributed by atoms with Crippen molar-refractivity contribution >= 4 is 17.7 Å². The molecule has 2 fully saturated rings. The van der Waals surface area contributed by atoms with Crippen molar-refractivity contribution in [1.82, 2.24) is 10.2 Å². The number of rotatable bonds is 5. The van der Waals surface area contributed by atoms with Crippen LogP contribution in [-0.4, -0.2) is 48.9 Å². The molecule has 0 atom stereocenters. The minimum Gasteiger partial charge on any atom is -0.497 e. The van der Waals surface area contributed by atoms with E-state index in [0.717, 1.165) is 17.7 Å². The largest absolute Gasteiger partial charge is 0.497 e. The van der Waals surface area contributed by atoms with E-state index in [9.17, 15) is 14.4 Å². The van der Waals surface area contributed by atoms with Gasteiger partial charge < -0.3 is 14.8 Å². The van der Waals surface area contributed by atoms with E-state index in [2.05, 4.69) is 5.32 Å².